The molecule has 0 bridgehead atoms. The highest BCUT2D eigenvalue weighted by Crippen LogP contribution is 2.38. The maximum atomic E-state index is 13.9. The number of carbonyl (C=O) groups excluding carboxylic acids is 1. The Morgan fingerprint density at radius 1 is 0.450 bits per heavy atom. The maximum absolute atomic E-state index is 13.9. The molecule has 0 spiro atoms. The molecule has 0 unspecified atom stereocenters. The second kappa shape index (κ2) is 9.61. The predicted octanol–water partition coefficient (Wildman–Crippen LogP) is 4.14. The van der Waals surface area contributed by atoms with Gasteiger partial charge in [0, 0.05) is 24.8 Å². The number of aliphatic hydroxyl groups excluding tert-OH is 1. The molecule has 0 aromatic carbocycles. The Balaban J connectivity index is 1.47. The highest BCUT2D eigenvalue weighted by molar-refractivity contribution is 6.10. The second-order valence-electron chi connectivity index (χ2n) is 8.90. The van der Waals surface area contributed by atoms with Gasteiger partial charge < -0.3 is 5.11 Å². The van der Waals surface area contributed by atoms with E-state index in [0.29, 0.717) is 45.6 Å². The molecule has 40 heavy (non-hydrogen) atoms. The molecule has 1 aliphatic rings. The molecule has 0 amide bonds. The summed E-state index contributed by atoms with van der Waals surface area (Å²) in [7, 11) is 0. The number of aromatic nitrogens is 8. The van der Waals surface area contributed by atoms with Gasteiger partial charge in [0.05, 0.1) is 22.8 Å². The number of aliphatic hydroxyl groups is 1. The molecule has 0 saturated heterocycles. The minimum absolute atomic E-state index is 0.0211. The zero-order valence-electron chi connectivity index (χ0n) is 20.7. The topological polar surface area (TPSA) is 140 Å². The van der Waals surface area contributed by atoms with Crippen molar-refractivity contribution in [2.75, 3.05) is 0 Å². The minimum atomic E-state index is -1.37. The molecule has 10 heteroatoms. The third kappa shape index (κ3) is 3.91. The average Bonchev–Trinajstić information content (AvgIpc) is 3.04. The first-order valence-corrected chi connectivity index (χ1v) is 12.4. The maximum Gasteiger partial charge on any atom is 0.233 e. The van der Waals surface area contributed by atoms with Crippen LogP contribution in [0.4, 0.5) is 0 Å². The highest BCUT2D eigenvalue weighted by Gasteiger charge is 2.38. The van der Waals surface area contributed by atoms with E-state index >= 15 is 0 Å². The standard InChI is InChI=1S/C30H18N8O2/c39-29-25-26(36-22(18-10-2-6-14-32-18)21(35-25)17-9-1-5-13-31-17)30(40)28-27(29)37-23(19-11-3-7-15-33-19)24(38-28)20-12-4-8-16-34-20/h1-16,29,39H. The van der Waals surface area contributed by atoms with Crippen molar-refractivity contribution in [1.29, 1.82) is 0 Å². The summed E-state index contributed by atoms with van der Waals surface area (Å²) in [5.41, 5.74) is 3.68. The summed E-state index contributed by atoms with van der Waals surface area (Å²) in [5.74, 6) is -0.509. The van der Waals surface area contributed by atoms with Gasteiger partial charge in [-0.2, -0.15) is 0 Å². The third-order valence-corrected chi connectivity index (χ3v) is 6.42. The monoisotopic (exact) mass is 522 g/mol. The molecule has 0 saturated carbocycles. The third-order valence-electron chi connectivity index (χ3n) is 6.42. The Morgan fingerprint density at radius 2 is 0.775 bits per heavy atom. The van der Waals surface area contributed by atoms with Crippen molar-refractivity contribution < 1.29 is 9.90 Å². The van der Waals surface area contributed by atoms with E-state index in [2.05, 4.69) is 19.9 Å². The molecule has 0 radical (unpaired) electrons. The van der Waals surface area contributed by atoms with Gasteiger partial charge in [0.15, 0.2) is 0 Å². The highest BCUT2D eigenvalue weighted by atomic mass is 16.3. The zero-order chi connectivity index (χ0) is 27.1. The Morgan fingerprint density at radius 3 is 1.07 bits per heavy atom. The number of rotatable bonds is 4. The number of fused-ring (bicyclic) bond motifs is 2. The van der Waals surface area contributed by atoms with Crippen LogP contribution in [0.1, 0.15) is 33.7 Å². The fraction of sp³-hybridized carbons (Fsp3) is 0.0333. The SMILES string of the molecule is O=C1c2nc(-c3ccccn3)c(-c3ccccn3)nc2C(O)c2nc(-c3ccccn3)c(-c3ccccn3)nc21. The predicted molar refractivity (Wildman–Crippen MR) is 144 cm³/mol. The van der Waals surface area contributed by atoms with Gasteiger partial charge in [0.2, 0.25) is 5.78 Å². The zero-order valence-corrected chi connectivity index (χ0v) is 20.7. The fourth-order valence-corrected chi connectivity index (χ4v) is 4.58. The van der Waals surface area contributed by atoms with Gasteiger partial charge in [-0.15, -0.1) is 0 Å². The van der Waals surface area contributed by atoms with E-state index in [0.717, 1.165) is 0 Å². The average molecular weight is 523 g/mol. The first kappa shape index (κ1) is 23.5. The molecule has 1 N–H and O–H groups in total. The van der Waals surface area contributed by atoms with E-state index in [1.165, 1.54) is 0 Å². The molecule has 6 aromatic rings. The van der Waals surface area contributed by atoms with Crippen LogP contribution in [-0.2, 0) is 0 Å². The van der Waals surface area contributed by atoms with Gasteiger partial charge in [-0.3, -0.25) is 24.7 Å². The van der Waals surface area contributed by atoms with Crippen molar-refractivity contribution >= 4 is 5.78 Å². The van der Waals surface area contributed by atoms with Crippen molar-refractivity contribution in [2.24, 2.45) is 0 Å². The van der Waals surface area contributed by atoms with E-state index in [-0.39, 0.29) is 22.8 Å². The summed E-state index contributed by atoms with van der Waals surface area (Å²) in [6.45, 7) is 0. The van der Waals surface area contributed by atoms with Gasteiger partial charge in [-0.25, -0.2) is 19.9 Å². The summed E-state index contributed by atoms with van der Waals surface area (Å²) >= 11 is 0. The number of nitrogens with zero attached hydrogens (tertiary/aromatic N) is 8. The van der Waals surface area contributed by atoms with Crippen LogP contribution in [0, 0.1) is 0 Å². The second-order valence-corrected chi connectivity index (χ2v) is 8.90. The lowest BCUT2D eigenvalue weighted by molar-refractivity contribution is 0.0999. The summed E-state index contributed by atoms with van der Waals surface area (Å²) in [6.07, 6.45) is 5.17. The van der Waals surface area contributed by atoms with Gasteiger partial charge in [-0.05, 0) is 48.5 Å². The van der Waals surface area contributed by atoms with E-state index in [9.17, 15) is 9.90 Å². The smallest absolute Gasteiger partial charge is 0.233 e. The summed E-state index contributed by atoms with van der Waals surface area (Å²) in [5, 5.41) is 11.6. The molecule has 1 aliphatic carbocycles. The first-order valence-electron chi connectivity index (χ1n) is 12.4. The molecule has 7 rings (SSSR count). The van der Waals surface area contributed by atoms with Crippen molar-refractivity contribution in [2.45, 2.75) is 6.10 Å². The van der Waals surface area contributed by atoms with Gasteiger partial charge >= 0.3 is 0 Å². The molecule has 0 aliphatic heterocycles. The largest absolute Gasteiger partial charge is 0.380 e. The van der Waals surface area contributed by atoms with E-state index in [1.54, 1.807) is 73.3 Å². The van der Waals surface area contributed by atoms with Crippen LogP contribution < -0.4 is 0 Å². The van der Waals surface area contributed by atoms with Crippen molar-refractivity contribution in [1.82, 2.24) is 39.9 Å². The molecular formula is C30H18N8O2. The molecular weight excluding hydrogens is 504 g/mol. The molecule has 0 fully saturated rings. The molecule has 6 heterocycles. The lowest BCUT2D eigenvalue weighted by Crippen LogP contribution is -2.26. The van der Waals surface area contributed by atoms with E-state index < -0.39 is 11.9 Å². The first-order chi connectivity index (χ1) is 19.7. The normalized spacial score (nSPS) is 12.6. The summed E-state index contributed by atoms with van der Waals surface area (Å²) < 4.78 is 0. The lowest BCUT2D eigenvalue weighted by atomic mass is 9.94. The van der Waals surface area contributed by atoms with Crippen molar-refractivity contribution in [3.63, 3.8) is 0 Å². The van der Waals surface area contributed by atoms with Crippen molar-refractivity contribution in [3.05, 3.63) is 120 Å². The fourth-order valence-electron chi connectivity index (χ4n) is 4.58. The van der Waals surface area contributed by atoms with Crippen LogP contribution in [0.15, 0.2) is 97.6 Å². The van der Waals surface area contributed by atoms with Crippen LogP contribution in [-0.4, -0.2) is 50.8 Å². The Bertz CT molecular complexity index is 1730. The molecule has 190 valence electrons. The van der Waals surface area contributed by atoms with Crippen LogP contribution in [0.2, 0.25) is 0 Å². The lowest BCUT2D eigenvalue weighted by Gasteiger charge is -2.23. The molecule has 0 atom stereocenters. The van der Waals surface area contributed by atoms with Crippen LogP contribution in [0.5, 0.6) is 0 Å². The van der Waals surface area contributed by atoms with Gasteiger partial charge in [0.25, 0.3) is 0 Å². The molecule has 10 nitrogen and oxygen atoms in total. The van der Waals surface area contributed by atoms with Crippen molar-refractivity contribution in [3.8, 4) is 45.6 Å². The number of pyridine rings is 4. The van der Waals surface area contributed by atoms with Gasteiger partial charge in [0.1, 0.15) is 51.7 Å². The number of ketones is 1. The van der Waals surface area contributed by atoms with Crippen LogP contribution >= 0.6 is 0 Å². The Kier molecular flexibility index (Phi) is 5.64. The van der Waals surface area contributed by atoms with E-state index in [1.807, 2.05) is 24.3 Å². The van der Waals surface area contributed by atoms with Gasteiger partial charge in [-0.1, -0.05) is 24.3 Å². The van der Waals surface area contributed by atoms with Crippen LogP contribution in [0.3, 0.4) is 0 Å². The molecule has 6 aromatic heterocycles. The summed E-state index contributed by atoms with van der Waals surface area (Å²) in [6, 6.07) is 21.6. The minimum Gasteiger partial charge on any atom is -0.380 e. The van der Waals surface area contributed by atoms with Crippen LogP contribution in [0.25, 0.3) is 45.6 Å². The Hall–Kier alpha value is -5.61. The number of hydrogen-bond donors (Lipinski definition) is 1. The summed E-state index contributed by atoms with van der Waals surface area (Å²) in [4.78, 5) is 50.5. The number of carbonyl (C=O) groups is 1. The quantitative estimate of drug-likeness (QED) is 0.359. The number of hydrogen-bond acceptors (Lipinski definition) is 10. The van der Waals surface area contributed by atoms with E-state index in [4.69, 9.17) is 19.9 Å². The Labute approximate surface area is 227 Å².